The average Bonchev–Trinajstić information content (AvgIpc) is 3.14. The van der Waals surface area contributed by atoms with E-state index in [0.717, 1.165) is 17.8 Å². The van der Waals surface area contributed by atoms with Crippen LogP contribution < -0.4 is 0 Å². The van der Waals surface area contributed by atoms with Crippen LogP contribution in [0.4, 0.5) is 0 Å². The normalized spacial score (nSPS) is 16.1. The van der Waals surface area contributed by atoms with E-state index in [1.165, 1.54) is 5.56 Å². The van der Waals surface area contributed by atoms with E-state index in [4.69, 9.17) is 5.26 Å². The molecule has 0 fully saturated rings. The highest BCUT2D eigenvalue weighted by molar-refractivity contribution is 5.82. The quantitative estimate of drug-likeness (QED) is 0.719. The molecule has 0 saturated heterocycles. The summed E-state index contributed by atoms with van der Waals surface area (Å²) >= 11 is 0. The minimum atomic E-state index is -0.375. The molecule has 6 nitrogen and oxygen atoms in total. The number of carbonyl (C=O) groups excluding carboxylic acids is 1. The predicted molar refractivity (Wildman–Crippen MR) is 100 cm³/mol. The van der Waals surface area contributed by atoms with Crippen LogP contribution in [0, 0.1) is 11.3 Å². The largest absolute Gasteiger partial charge is 0.333 e. The molecule has 0 aliphatic carbocycles. The van der Waals surface area contributed by atoms with Crippen molar-refractivity contribution in [1.82, 2.24) is 19.7 Å². The molecule has 0 bridgehead atoms. The van der Waals surface area contributed by atoms with Crippen LogP contribution in [0.5, 0.6) is 0 Å². The summed E-state index contributed by atoms with van der Waals surface area (Å²) in [6.07, 6.45) is 0.810. The van der Waals surface area contributed by atoms with Crippen molar-refractivity contribution in [2.75, 3.05) is 6.54 Å². The Morgan fingerprint density at radius 1 is 1.15 bits per heavy atom. The van der Waals surface area contributed by atoms with Crippen molar-refractivity contribution in [2.24, 2.45) is 0 Å². The maximum Gasteiger partial charge on any atom is 0.245 e. The van der Waals surface area contributed by atoms with E-state index in [9.17, 15) is 4.79 Å². The van der Waals surface area contributed by atoms with E-state index in [-0.39, 0.29) is 11.9 Å². The number of benzene rings is 2. The molecule has 134 valence electrons. The first kappa shape index (κ1) is 17.0. The maximum absolute atomic E-state index is 12.9. The second kappa shape index (κ2) is 7.04. The number of fused-ring (bicyclic) bond motifs is 1. The third-order valence-electron chi connectivity index (χ3n) is 4.92. The fourth-order valence-corrected chi connectivity index (χ4v) is 3.48. The van der Waals surface area contributed by atoms with Crippen molar-refractivity contribution in [3.05, 3.63) is 71.5 Å². The molecule has 0 N–H and O–H groups in total. The SMILES string of the molecule is C[C@@H]1C(=O)N(CCc2ccccc2)Cc2nnc(-c3cccc(C#N)c3)n21. The van der Waals surface area contributed by atoms with Crippen LogP contribution in [0.15, 0.2) is 54.6 Å². The third kappa shape index (κ3) is 3.20. The van der Waals surface area contributed by atoms with E-state index in [0.29, 0.717) is 24.5 Å². The van der Waals surface area contributed by atoms with Crippen molar-refractivity contribution in [1.29, 1.82) is 5.26 Å². The Labute approximate surface area is 157 Å². The van der Waals surface area contributed by atoms with Crippen LogP contribution in [0.2, 0.25) is 0 Å². The van der Waals surface area contributed by atoms with E-state index in [2.05, 4.69) is 28.4 Å². The van der Waals surface area contributed by atoms with Crippen LogP contribution in [0.3, 0.4) is 0 Å². The molecule has 1 amide bonds. The van der Waals surface area contributed by atoms with Gasteiger partial charge in [0, 0.05) is 12.1 Å². The van der Waals surface area contributed by atoms with Crippen molar-refractivity contribution >= 4 is 5.91 Å². The fraction of sp³-hybridized carbons (Fsp3) is 0.238. The first-order valence-electron chi connectivity index (χ1n) is 8.94. The zero-order valence-corrected chi connectivity index (χ0v) is 15.0. The molecular formula is C21H19N5O. The topological polar surface area (TPSA) is 74.8 Å². The summed E-state index contributed by atoms with van der Waals surface area (Å²) in [4.78, 5) is 14.8. The van der Waals surface area contributed by atoms with Gasteiger partial charge in [0.2, 0.25) is 5.91 Å². The van der Waals surface area contributed by atoms with Crippen LogP contribution in [0.1, 0.15) is 29.9 Å². The number of aromatic nitrogens is 3. The van der Waals surface area contributed by atoms with Crippen molar-refractivity contribution in [3.63, 3.8) is 0 Å². The Bertz CT molecular complexity index is 1020. The van der Waals surface area contributed by atoms with Gasteiger partial charge in [-0.05, 0) is 31.0 Å². The van der Waals surface area contributed by atoms with Crippen molar-refractivity contribution in [2.45, 2.75) is 25.9 Å². The van der Waals surface area contributed by atoms with Gasteiger partial charge in [0.25, 0.3) is 0 Å². The lowest BCUT2D eigenvalue weighted by Crippen LogP contribution is -2.42. The van der Waals surface area contributed by atoms with Crippen LogP contribution >= 0.6 is 0 Å². The monoisotopic (exact) mass is 357 g/mol. The molecule has 27 heavy (non-hydrogen) atoms. The molecular weight excluding hydrogens is 338 g/mol. The number of nitriles is 1. The Balaban J connectivity index is 1.59. The summed E-state index contributed by atoms with van der Waals surface area (Å²) in [6, 6.07) is 19.1. The van der Waals surface area contributed by atoms with E-state index in [1.807, 2.05) is 46.7 Å². The molecule has 1 aliphatic heterocycles. The van der Waals surface area contributed by atoms with Gasteiger partial charge in [-0.1, -0.05) is 42.5 Å². The minimum Gasteiger partial charge on any atom is -0.333 e. The van der Waals surface area contributed by atoms with Crippen molar-refractivity contribution in [3.8, 4) is 17.5 Å². The minimum absolute atomic E-state index is 0.0657. The summed E-state index contributed by atoms with van der Waals surface area (Å²) in [5, 5.41) is 17.7. The molecule has 4 rings (SSSR count). The Morgan fingerprint density at radius 2 is 1.96 bits per heavy atom. The van der Waals surface area contributed by atoms with Gasteiger partial charge in [0.1, 0.15) is 6.04 Å². The molecule has 2 heterocycles. The van der Waals surface area contributed by atoms with Gasteiger partial charge in [0.15, 0.2) is 11.6 Å². The Morgan fingerprint density at radius 3 is 2.74 bits per heavy atom. The maximum atomic E-state index is 12.9. The van der Waals surface area contributed by atoms with Gasteiger partial charge in [-0.15, -0.1) is 10.2 Å². The number of hydrogen-bond acceptors (Lipinski definition) is 4. The first-order chi connectivity index (χ1) is 13.2. The number of nitrogens with zero attached hydrogens (tertiary/aromatic N) is 5. The van der Waals surface area contributed by atoms with Gasteiger partial charge in [-0.25, -0.2) is 0 Å². The third-order valence-corrected chi connectivity index (χ3v) is 4.92. The standard InChI is InChI=1S/C21H19N5O/c1-15-21(27)25(11-10-16-6-3-2-4-7-16)14-19-23-24-20(26(15)19)18-9-5-8-17(12-18)13-22/h2-9,12,15H,10-11,14H2,1H3/t15-/m1/s1. The van der Waals surface area contributed by atoms with Gasteiger partial charge in [0.05, 0.1) is 18.2 Å². The van der Waals surface area contributed by atoms with E-state index >= 15 is 0 Å². The van der Waals surface area contributed by atoms with Gasteiger partial charge >= 0.3 is 0 Å². The highest BCUT2D eigenvalue weighted by atomic mass is 16.2. The summed E-state index contributed by atoms with van der Waals surface area (Å²) in [7, 11) is 0. The lowest BCUT2D eigenvalue weighted by Gasteiger charge is -2.32. The molecule has 6 heteroatoms. The zero-order valence-electron chi connectivity index (χ0n) is 15.0. The Kier molecular flexibility index (Phi) is 4.43. The predicted octanol–water partition coefficient (Wildman–Crippen LogP) is 2.96. The second-order valence-corrected chi connectivity index (χ2v) is 6.67. The molecule has 0 spiro atoms. The van der Waals surface area contributed by atoms with Crippen LogP contribution in [0.25, 0.3) is 11.4 Å². The lowest BCUT2D eigenvalue weighted by molar-refractivity contribution is -0.136. The highest BCUT2D eigenvalue weighted by Crippen LogP contribution is 2.28. The van der Waals surface area contributed by atoms with Crippen LogP contribution in [-0.4, -0.2) is 32.1 Å². The van der Waals surface area contributed by atoms with Gasteiger partial charge in [-0.2, -0.15) is 5.26 Å². The van der Waals surface area contributed by atoms with Gasteiger partial charge < -0.3 is 4.90 Å². The molecule has 2 aromatic carbocycles. The smallest absolute Gasteiger partial charge is 0.245 e. The number of hydrogen-bond donors (Lipinski definition) is 0. The zero-order chi connectivity index (χ0) is 18.8. The molecule has 0 radical (unpaired) electrons. The summed E-state index contributed by atoms with van der Waals surface area (Å²) in [6.45, 7) is 2.97. The molecule has 0 unspecified atom stereocenters. The molecule has 1 atom stereocenters. The average molecular weight is 357 g/mol. The van der Waals surface area contributed by atoms with Crippen molar-refractivity contribution < 1.29 is 4.79 Å². The fourth-order valence-electron chi connectivity index (χ4n) is 3.48. The molecule has 1 aliphatic rings. The molecule has 3 aromatic rings. The number of amides is 1. The number of carbonyl (C=O) groups is 1. The van der Waals surface area contributed by atoms with E-state index in [1.54, 1.807) is 12.1 Å². The summed E-state index contributed by atoms with van der Waals surface area (Å²) in [5.41, 5.74) is 2.56. The van der Waals surface area contributed by atoms with Gasteiger partial charge in [-0.3, -0.25) is 9.36 Å². The highest BCUT2D eigenvalue weighted by Gasteiger charge is 2.33. The first-order valence-corrected chi connectivity index (χ1v) is 8.94. The summed E-state index contributed by atoms with van der Waals surface area (Å²) < 4.78 is 1.89. The number of rotatable bonds is 4. The molecule has 0 saturated carbocycles. The Hall–Kier alpha value is -3.46. The second-order valence-electron chi connectivity index (χ2n) is 6.67. The molecule has 1 aromatic heterocycles. The van der Waals surface area contributed by atoms with Crippen LogP contribution in [-0.2, 0) is 17.8 Å². The van der Waals surface area contributed by atoms with E-state index < -0.39 is 0 Å². The lowest BCUT2D eigenvalue weighted by atomic mass is 10.1. The summed E-state index contributed by atoms with van der Waals surface area (Å²) in [5.74, 6) is 1.47.